The van der Waals surface area contributed by atoms with Gasteiger partial charge < -0.3 is 5.48 Å². The van der Waals surface area contributed by atoms with Crippen LogP contribution in [0.25, 0.3) is 0 Å². The van der Waals surface area contributed by atoms with Crippen LogP contribution in [0.4, 0.5) is 0 Å². The summed E-state index contributed by atoms with van der Waals surface area (Å²) in [6, 6.07) is 20.9. The molecule has 0 aliphatic carbocycles. The number of rotatable bonds is 2. The summed E-state index contributed by atoms with van der Waals surface area (Å²) in [6.45, 7) is 0. The zero-order valence-electron chi connectivity index (χ0n) is 8.43. The molecule has 76 valence electrons. The quantitative estimate of drug-likeness (QED) is 0.686. The van der Waals surface area contributed by atoms with Crippen molar-refractivity contribution >= 4 is 24.5 Å². The molecule has 0 aromatic heterocycles. The topological polar surface area (TPSA) is 31.5 Å². The molecule has 0 fully saturated rings. The molecule has 0 aliphatic heterocycles. The Bertz CT molecular complexity index is 381. The van der Waals surface area contributed by atoms with Crippen LogP contribution in [0, 0.1) is 0 Å². The van der Waals surface area contributed by atoms with Gasteiger partial charge >= 0.3 is 0 Å². The molecule has 0 saturated carbocycles. The molecule has 0 spiro atoms. The minimum Gasteiger partial charge on any atom is -0.412 e. The predicted molar refractivity (Wildman–Crippen MR) is 69.8 cm³/mol. The largest absolute Gasteiger partial charge is 0.412 e. The van der Waals surface area contributed by atoms with Gasteiger partial charge in [-0.05, 0) is 24.3 Å². The van der Waals surface area contributed by atoms with Crippen LogP contribution in [0.5, 0.6) is 0 Å². The van der Waals surface area contributed by atoms with Crippen molar-refractivity contribution < 1.29 is 5.48 Å². The lowest BCUT2D eigenvalue weighted by Crippen LogP contribution is -2.05. The maximum Gasteiger partial charge on any atom is 0.162 e. The van der Waals surface area contributed by atoms with Crippen molar-refractivity contribution in [3.8, 4) is 0 Å². The molecule has 2 aromatic rings. The fourth-order valence-corrected chi connectivity index (χ4v) is 2.73. The van der Waals surface area contributed by atoms with E-state index < -0.39 is 7.55 Å². The molecule has 0 saturated heterocycles. The first-order valence-corrected chi connectivity index (χ1v) is 6.11. The minimum absolute atomic E-state index is 0. The monoisotopic (exact) mass is 217 g/mol. The van der Waals surface area contributed by atoms with Gasteiger partial charge in [-0.3, -0.25) is 0 Å². The molecule has 0 radical (unpaired) electrons. The van der Waals surface area contributed by atoms with E-state index in [2.05, 4.69) is 54.8 Å². The SMILES string of the molecule is C=[P+](c1ccccc1)c1ccccc1.O. The highest BCUT2D eigenvalue weighted by molar-refractivity contribution is 7.70. The molecule has 0 atom stereocenters. The van der Waals surface area contributed by atoms with E-state index in [0.717, 1.165) is 0 Å². The molecule has 2 rings (SSSR count). The summed E-state index contributed by atoms with van der Waals surface area (Å²) >= 11 is 0. The van der Waals surface area contributed by atoms with Crippen molar-refractivity contribution in [3.63, 3.8) is 0 Å². The van der Waals surface area contributed by atoms with E-state index >= 15 is 0 Å². The van der Waals surface area contributed by atoms with Gasteiger partial charge in [0.25, 0.3) is 0 Å². The second kappa shape index (κ2) is 5.45. The molecular weight excluding hydrogens is 203 g/mol. The Morgan fingerprint density at radius 1 is 0.667 bits per heavy atom. The Kier molecular flexibility index (Phi) is 4.23. The highest BCUT2D eigenvalue weighted by atomic mass is 31.1. The fraction of sp³-hybridized carbons (Fsp3) is 0. The standard InChI is InChI=1S/C13H12P.H2O/c1-14(12-8-4-2-5-9-12)13-10-6-3-7-11-13;/h2-11H,1H2;1H2/q+1;. The van der Waals surface area contributed by atoms with Gasteiger partial charge in [-0.1, -0.05) is 36.4 Å². The molecule has 0 heterocycles. The van der Waals surface area contributed by atoms with Crippen molar-refractivity contribution in [2.45, 2.75) is 0 Å². The summed E-state index contributed by atoms with van der Waals surface area (Å²) in [7, 11) is -0.421. The highest BCUT2D eigenvalue weighted by Gasteiger charge is 2.12. The summed E-state index contributed by atoms with van der Waals surface area (Å²) in [5, 5.41) is 2.66. The molecule has 0 unspecified atom stereocenters. The van der Waals surface area contributed by atoms with Gasteiger partial charge in [-0.25, -0.2) is 0 Å². The maximum absolute atomic E-state index is 4.24. The van der Waals surface area contributed by atoms with E-state index in [0.29, 0.717) is 0 Å². The molecule has 0 bridgehead atoms. The first-order valence-electron chi connectivity index (χ1n) is 4.58. The lowest BCUT2D eigenvalue weighted by Gasteiger charge is -1.93. The lowest BCUT2D eigenvalue weighted by molar-refractivity contribution is 0.824. The molecule has 2 aromatic carbocycles. The van der Waals surface area contributed by atoms with E-state index in [4.69, 9.17) is 0 Å². The Morgan fingerprint density at radius 3 is 1.33 bits per heavy atom. The van der Waals surface area contributed by atoms with E-state index in [9.17, 15) is 0 Å². The highest BCUT2D eigenvalue weighted by Crippen LogP contribution is 2.17. The van der Waals surface area contributed by atoms with Crippen LogP contribution in [0.1, 0.15) is 0 Å². The van der Waals surface area contributed by atoms with Crippen molar-refractivity contribution in [3.05, 3.63) is 60.7 Å². The van der Waals surface area contributed by atoms with E-state index in [1.165, 1.54) is 10.6 Å². The third-order valence-electron chi connectivity index (χ3n) is 2.14. The minimum atomic E-state index is -0.421. The zero-order chi connectivity index (χ0) is 9.80. The molecule has 0 aliphatic rings. The van der Waals surface area contributed by atoms with E-state index in [-0.39, 0.29) is 5.48 Å². The van der Waals surface area contributed by atoms with Crippen LogP contribution < -0.4 is 10.6 Å². The van der Waals surface area contributed by atoms with Gasteiger partial charge in [0.05, 0.1) is 6.30 Å². The molecule has 15 heavy (non-hydrogen) atoms. The normalized spacial score (nSPS) is 9.07. The average molecular weight is 217 g/mol. The lowest BCUT2D eigenvalue weighted by atomic mass is 10.4. The van der Waals surface area contributed by atoms with Crippen LogP contribution in [0.3, 0.4) is 0 Å². The van der Waals surface area contributed by atoms with Crippen LogP contribution in [-0.2, 0) is 0 Å². The molecular formula is C13H14OP+. The molecule has 1 nitrogen and oxygen atoms in total. The van der Waals surface area contributed by atoms with Crippen molar-refractivity contribution in [1.82, 2.24) is 0 Å². The van der Waals surface area contributed by atoms with Crippen molar-refractivity contribution in [2.75, 3.05) is 0 Å². The predicted octanol–water partition coefficient (Wildman–Crippen LogP) is 1.73. The van der Waals surface area contributed by atoms with Crippen molar-refractivity contribution in [1.29, 1.82) is 0 Å². The summed E-state index contributed by atoms with van der Waals surface area (Å²) in [5.74, 6) is 0. The molecule has 2 heteroatoms. The molecule has 0 amide bonds. The number of hydrogen-bond acceptors (Lipinski definition) is 0. The Morgan fingerprint density at radius 2 is 1.00 bits per heavy atom. The Balaban J connectivity index is 0.00000112. The average Bonchev–Trinajstić information content (AvgIpc) is 2.30. The van der Waals surface area contributed by atoms with Crippen LogP contribution in [0.2, 0.25) is 0 Å². The van der Waals surface area contributed by atoms with Gasteiger partial charge in [0.2, 0.25) is 0 Å². The summed E-state index contributed by atoms with van der Waals surface area (Å²) in [6.07, 6.45) is 4.24. The first-order chi connectivity index (χ1) is 6.88. The van der Waals surface area contributed by atoms with E-state index in [1.54, 1.807) is 0 Å². The number of benzene rings is 2. The summed E-state index contributed by atoms with van der Waals surface area (Å²) in [4.78, 5) is 0. The maximum atomic E-state index is 4.24. The van der Waals surface area contributed by atoms with Gasteiger partial charge in [0.15, 0.2) is 18.2 Å². The third kappa shape index (κ3) is 2.76. The van der Waals surface area contributed by atoms with Gasteiger partial charge in [-0.15, -0.1) is 0 Å². The van der Waals surface area contributed by atoms with Gasteiger partial charge in [0, 0.05) is 0 Å². The van der Waals surface area contributed by atoms with Crippen LogP contribution in [-0.4, -0.2) is 11.8 Å². The first kappa shape index (κ1) is 11.6. The number of hydrogen-bond donors (Lipinski definition) is 0. The summed E-state index contributed by atoms with van der Waals surface area (Å²) in [5.41, 5.74) is 0. The fourth-order valence-electron chi connectivity index (χ4n) is 1.36. The summed E-state index contributed by atoms with van der Waals surface area (Å²) < 4.78 is 0. The van der Waals surface area contributed by atoms with Gasteiger partial charge in [-0.2, -0.15) is 0 Å². The second-order valence-electron chi connectivity index (χ2n) is 3.10. The molecule has 2 N–H and O–H groups in total. The van der Waals surface area contributed by atoms with E-state index in [1.807, 2.05) is 12.1 Å². The second-order valence-corrected chi connectivity index (χ2v) is 4.99. The van der Waals surface area contributed by atoms with Crippen molar-refractivity contribution in [2.24, 2.45) is 0 Å². The van der Waals surface area contributed by atoms with Crippen LogP contribution >= 0.6 is 7.55 Å². The third-order valence-corrected chi connectivity index (χ3v) is 3.98. The zero-order valence-corrected chi connectivity index (χ0v) is 9.32. The Hall–Kier alpha value is -1.43. The Labute approximate surface area is 91.1 Å². The smallest absolute Gasteiger partial charge is 0.162 e. The van der Waals surface area contributed by atoms with Crippen LogP contribution in [0.15, 0.2) is 60.7 Å². The van der Waals surface area contributed by atoms with Gasteiger partial charge in [0.1, 0.15) is 0 Å².